The van der Waals surface area contributed by atoms with Gasteiger partial charge < -0.3 is 15.5 Å². The molecule has 1 rings (SSSR count). The van der Waals surface area contributed by atoms with Crippen LogP contribution in [0.15, 0.2) is 4.99 Å². The molecule has 142 valence electrons. The summed E-state index contributed by atoms with van der Waals surface area (Å²) in [7, 11) is 2.79. The predicted molar refractivity (Wildman–Crippen MR) is 113 cm³/mol. The zero-order valence-electron chi connectivity index (χ0n) is 15.3. The molecule has 0 aromatic carbocycles. The van der Waals surface area contributed by atoms with Crippen molar-refractivity contribution in [1.82, 2.24) is 15.5 Å². The second kappa shape index (κ2) is 12.9. The number of halogens is 1. The molecule has 0 aliphatic heterocycles. The Hall–Kier alpha value is -0.380. The highest BCUT2D eigenvalue weighted by atomic mass is 127. The molecule has 0 bridgehead atoms. The molecule has 6 nitrogen and oxygen atoms in total. The average molecular weight is 472 g/mol. The predicted octanol–water partition coefficient (Wildman–Crippen LogP) is 1.72. The minimum absolute atomic E-state index is 0. The molecule has 2 N–H and O–H groups in total. The lowest BCUT2D eigenvalue weighted by Crippen LogP contribution is -2.46. The van der Waals surface area contributed by atoms with Gasteiger partial charge in [0, 0.05) is 54.9 Å². The van der Waals surface area contributed by atoms with Crippen LogP contribution in [-0.2, 0) is 15.6 Å². The second-order valence-electron chi connectivity index (χ2n) is 6.10. The fraction of sp³-hybridized carbons (Fsp3) is 0.875. The number of amides is 1. The first-order valence-corrected chi connectivity index (χ1v) is 9.98. The lowest BCUT2D eigenvalue weighted by molar-refractivity contribution is -0.128. The Bertz CT molecular complexity index is 432. The maximum atomic E-state index is 12.0. The summed E-state index contributed by atoms with van der Waals surface area (Å²) in [4.78, 5) is 17.7. The van der Waals surface area contributed by atoms with E-state index in [1.165, 1.54) is 0 Å². The van der Waals surface area contributed by atoms with Crippen LogP contribution < -0.4 is 10.6 Å². The van der Waals surface area contributed by atoms with Gasteiger partial charge >= 0.3 is 0 Å². The highest BCUT2D eigenvalue weighted by Crippen LogP contribution is 2.22. The number of hydrogen-bond donors (Lipinski definition) is 2. The van der Waals surface area contributed by atoms with Crippen LogP contribution in [0.2, 0.25) is 0 Å². The molecule has 0 radical (unpaired) electrons. The van der Waals surface area contributed by atoms with Gasteiger partial charge in [0.1, 0.15) is 0 Å². The third-order valence-corrected chi connectivity index (χ3v) is 5.80. The van der Waals surface area contributed by atoms with Crippen molar-refractivity contribution in [1.29, 1.82) is 0 Å². The molecule has 3 atom stereocenters. The number of nitrogens with zero attached hydrogens (tertiary/aromatic N) is 2. The van der Waals surface area contributed by atoms with Gasteiger partial charge in [-0.15, -0.1) is 24.0 Å². The maximum absolute atomic E-state index is 12.0. The lowest BCUT2D eigenvalue weighted by Gasteiger charge is -2.30. The van der Waals surface area contributed by atoms with Crippen molar-refractivity contribution in [3.63, 3.8) is 0 Å². The number of guanidine groups is 1. The SMILES string of the molecule is CCNC(=NCCC(=O)N(C)C)NC1CCCC(S(=O)CC)C1.I. The highest BCUT2D eigenvalue weighted by Gasteiger charge is 2.26. The molecule has 1 saturated carbocycles. The van der Waals surface area contributed by atoms with Crippen molar-refractivity contribution in [3.8, 4) is 0 Å². The first-order valence-electron chi connectivity index (χ1n) is 8.60. The topological polar surface area (TPSA) is 73.8 Å². The third-order valence-electron chi connectivity index (χ3n) is 4.06. The summed E-state index contributed by atoms with van der Waals surface area (Å²) in [5.74, 6) is 1.57. The van der Waals surface area contributed by atoms with Gasteiger partial charge in [-0.3, -0.25) is 14.0 Å². The number of nitrogens with one attached hydrogen (secondary N) is 2. The van der Waals surface area contributed by atoms with E-state index in [9.17, 15) is 9.00 Å². The number of carbonyl (C=O) groups is 1. The molecule has 0 heterocycles. The Kier molecular flexibility index (Phi) is 12.7. The van der Waals surface area contributed by atoms with E-state index in [0.717, 1.165) is 43.9 Å². The second-order valence-corrected chi connectivity index (χ2v) is 8.10. The van der Waals surface area contributed by atoms with Crippen LogP contribution in [0.5, 0.6) is 0 Å². The van der Waals surface area contributed by atoms with E-state index in [1.54, 1.807) is 19.0 Å². The summed E-state index contributed by atoms with van der Waals surface area (Å²) in [6.07, 6.45) is 4.59. The van der Waals surface area contributed by atoms with E-state index in [2.05, 4.69) is 15.6 Å². The van der Waals surface area contributed by atoms with E-state index in [-0.39, 0.29) is 29.9 Å². The third kappa shape index (κ3) is 8.64. The Morgan fingerprint density at radius 3 is 2.58 bits per heavy atom. The lowest BCUT2D eigenvalue weighted by atomic mass is 9.95. The molecule has 24 heavy (non-hydrogen) atoms. The number of rotatable bonds is 7. The van der Waals surface area contributed by atoms with Gasteiger partial charge in [0.25, 0.3) is 0 Å². The van der Waals surface area contributed by atoms with E-state index in [1.807, 2.05) is 13.8 Å². The van der Waals surface area contributed by atoms with E-state index >= 15 is 0 Å². The Balaban J connectivity index is 0.00000529. The smallest absolute Gasteiger partial charge is 0.223 e. The highest BCUT2D eigenvalue weighted by molar-refractivity contribution is 14.0. The molecule has 3 unspecified atom stereocenters. The van der Waals surface area contributed by atoms with E-state index in [0.29, 0.717) is 24.3 Å². The van der Waals surface area contributed by atoms with Gasteiger partial charge in [0.05, 0.1) is 6.54 Å². The summed E-state index contributed by atoms with van der Waals surface area (Å²) in [5, 5.41) is 6.97. The molecular formula is C16H33IN4O2S. The first-order chi connectivity index (χ1) is 11.0. The van der Waals surface area contributed by atoms with Crippen LogP contribution in [0, 0.1) is 0 Å². The average Bonchev–Trinajstić information content (AvgIpc) is 2.54. The van der Waals surface area contributed by atoms with Crippen molar-refractivity contribution < 1.29 is 9.00 Å². The monoisotopic (exact) mass is 472 g/mol. The molecule has 1 aliphatic carbocycles. The number of carbonyl (C=O) groups excluding carboxylic acids is 1. The summed E-state index contributed by atoms with van der Waals surface area (Å²) in [6, 6.07) is 0.312. The summed E-state index contributed by atoms with van der Waals surface area (Å²) in [5.41, 5.74) is 0. The largest absolute Gasteiger partial charge is 0.357 e. The summed E-state index contributed by atoms with van der Waals surface area (Å²) >= 11 is 0. The fourth-order valence-corrected chi connectivity index (χ4v) is 4.10. The van der Waals surface area contributed by atoms with Crippen LogP contribution >= 0.6 is 24.0 Å². The summed E-state index contributed by atoms with van der Waals surface area (Å²) < 4.78 is 12.0. The standard InChI is InChI=1S/C16H32N4O2S.HI/c1-5-17-16(18-11-10-15(21)20(3)4)19-13-8-7-9-14(12-13)23(22)6-2;/h13-14H,5-12H2,1-4H3,(H2,17,18,19);1H. The van der Waals surface area contributed by atoms with Gasteiger partial charge in [0.15, 0.2) is 5.96 Å². The Morgan fingerprint density at radius 2 is 2.00 bits per heavy atom. The van der Waals surface area contributed by atoms with Crippen molar-refractivity contribution in [2.45, 2.75) is 57.2 Å². The van der Waals surface area contributed by atoms with Crippen molar-refractivity contribution in [2.24, 2.45) is 4.99 Å². The van der Waals surface area contributed by atoms with Crippen LogP contribution in [0.3, 0.4) is 0 Å². The van der Waals surface area contributed by atoms with Crippen molar-refractivity contribution >= 4 is 46.6 Å². The van der Waals surface area contributed by atoms with Crippen LogP contribution in [0.1, 0.15) is 46.0 Å². The molecule has 1 aliphatic rings. The van der Waals surface area contributed by atoms with Crippen LogP contribution in [0.4, 0.5) is 0 Å². The van der Waals surface area contributed by atoms with Gasteiger partial charge in [-0.25, -0.2) is 0 Å². The van der Waals surface area contributed by atoms with Crippen molar-refractivity contribution in [3.05, 3.63) is 0 Å². The molecule has 0 aromatic heterocycles. The van der Waals surface area contributed by atoms with E-state index < -0.39 is 10.8 Å². The van der Waals surface area contributed by atoms with Gasteiger partial charge in [-0.1, -0.05) is 13.3 Å². The number of hydrogen-bond acceptors (Lipinski definition) is 3. The van der Waals surface area contributed by atoms with Gasteiger partial charge in [-0.05, 0) is 26.2 Å². The minimum Gasteiger partial charge on any atom is -0.357 e. The van der Waals surface area contributed by atoms with Crippen molar-refractivity contribution in [2.75, 3.05) is 32.9 Å². The zero-order chi connectivity index (χ0) is 17.2. The maximum Gasteiger partial charge on any atom is 0.223 e. The molecular weight excluding hydrogens is 439 g/mol. The molecule has 0 aromatic rings. The van der Waals surface area contributed by atoms with E-state index in [4.69, 9.17) is 0 Å². The van der Waals surface area contributed by atoms with Crippen LogP contribution in [-0.4, -0.2) is 65.2 Å². The quantitative estimate of drug-likeness (QED) is 0.336. The van der Waals surface area contributed by atoms with Crippen LogP contribution in [0.25, 0.3) is 0 Å². The Morgan fingerprint density at radius 1 is 1.29 bits per heavy atom. The molecule has 0 spiro atoms. The molecule has 1 fully saturated rings. The first kappa shape index (κ1) is 23.6. The minimum atomic E-state index is -0.720. The van der Waals surface area contributed by atoms with Gasteiger partial charge in [0.2, 0.25) is 5.91 Å². The molecule has 1 amide bonds. The van der Waals surface area contributed by atoms with Gasteiger partial charge in [-0.2, -0.15) is 0 Å². The fourth-order valence-electron chi connectivity index (χ4n) is 2.75. The Labute approximate surface area is 166 Å². The normalized spacial score (nSPS) is 22.2. The number of aliphatic imine (C=N–C) groups is 1. The molecule has 8 heteroatoms. The summed E-state index contributed by atoms with van der Waals surface area (Å²) in [6.45, 7) is 5.27. The molecule has 0 saturated heterocycles. The zero-order valence-corrected chi connectivity index (χ0v) is 18.5.